The van der Waals surface area contributed by atoms with E-state index in [1.54, 1.807) is 4.90 Å². The molecule has 0 N–H and O–H groups in total. The first-order chi connectivity index (χ1) is 9.26. The molecule has 0 aromatic heterocycles. The van der Waals surface area contributed by atoms with E-state index in [2.05, 4.69) is 0 Å². The Morgan fingerprint density at radius 3 is 2.40 bits per heavy atom. The highest BCUT2D eigenvalue weighted by Crippen LogP contribution is 2.48. The second kappa shape index (κ2) is 5.55. The second-order valence-electron chi connectivity index (χ2n) is 7.14. The summed E-state index contributed by atoms with van der Waals surface area (Å²) in [5, 5.41) is 0. The fraction of sp³-hybridized carbons (Fsp3) is 0.867. The molecular formula is C15H24ClNO3. The van der Waals surface area contributed by atoms with Crippen molar-refractivity contribution in [1.29, 1.82) is 0 Å². The van der Waals surface area contributed by atoms with Gasteiger partial charge in [0.1, 0.15) is 5.60 Å². The van der Waals surface area contributed by atoms with Gasteiger partial charge in [0.25, 0.3) is 0 Å². The molecular weight excluding hydrogens is 278 g/mol. The molecule has 1 aliphatic carbocycles. The van der Waals surface area contributed by atoms with Crippen LogP contribution in [-0.2, 0) is 9.53 Å². The molecule has 114 valence electrons. The highest BCUT2D eigenvalue weighted by molar-refractivity contribution is 6.28. The minimum absolute atomic E-state index is 0.0416. The van der Waals surface area contributed by atoms with Crippen molar-refractivity contribution >= 4 is 23.5 Å². The van der Waals surface area contributed by atoms with Gasteiger partial charge in [-0.2, -0.15) is 0 Å². The van der Waals surface area contributed by atoms with Gasteiger partial charge in [0.2, 0.25) is 0 Å². The largest absolute Gasteiger partial charge is 0.444 e. The van der Waals surface area contributed by atoms with Gasteiger partial charge in [0.15, 0.2) is 5.78 Å². The van der Waals surface area contributed by atoms with Crippen molar-refractivity contribution in [3.8, 4) is 0 Å². The molecule has 0 aromatic rings. The summed E-state index contributed by atoms with van der Waals surface area (Å²) in [5.74, 6) is -0.110. The molecule has 2 fully saturated rings. The van der Waals surface area contributed by atoms with Crippen molar-refractivity contribution in [2.45, 2.75) is 64.5 Å². The van der Waals surface area contributed by atoms with Gasteiger partial charge in [-0.05, 0) is 45.4 Å². The summed E-state index contributed by atoms with van der Waals surface area (Å²) in [5.41, 5.74) is -0.430. The SMILES string of the molecule is CC(C)(C)OC(=O)N1CC2(CCCC2)C[C@@H]1C(=O)CCl. The van der Waals surface area contributed by atoms with E-state index in [-0.39, 0.29) is 23.2 Å². The number of carbonyl (C=O) groups excluding carboxylic acids is 2. The van der Waals surface area contributed by atoms with Crippen molar-refractivity contribution in [1.82, 2.24) is 4.90 Å². The lowest BCUT2D eigenvalue weighted by Gasteiger charge is -2.28. The van der Waals surface area contributed by atoms with Gasteiger partial charge in [-0.15, -0.1) is 11.6 Å². The molecule has 0 unspecified atom stereocenters. The van der Waals surface area contributed by atoms with Crippen LogP contribution in [0, 0.1) is 5.41 Å². The summed E-state index contributed by atoms with van der Waals surface area (Å²) < 4.78 is 5.44. The van der Waals surface area contributed by atoms with Gasteiger partial charge < -0.3 is 4.74 Å². The zero-order valence-corrected chi connectivity index (χ0v) is 13.3. The molecule has 5 heteroatoms. The number of Topliss-reactive ketones (excluding diaryl/α,β-unsaturated/α-hetero) is 1. The Hall–Kier alpha value is -0.770. The number of ketones is 1. The predicted molar refractivity (Wildman–Crippen MR) is 78.0 cm³/mol. The second-order valence-corrected chi connectivity index (χ2v) is 7.40. The van der Waals surface area contributed by atoms with Gasteiger partial charge in [-0.25, -0.2) is 4.79 Å². The van der Waals surface area contributed by atoms with Crippen molar-refractivity contribution in [3.05, 3.63) is 0 Å². The van der Waals surface area contributed by atoms with E-state index in [9.17, 15) is 9.59 Å². The number of likely N-dealkylation sites (tertiary alicyclic amines) is 1. The van der Waals surface area contributed by atoms with Gasteiger partial charge in [-0.1, -0.05) is 12.8 Å². The third kappa shape index (κ3) is 3.27. The van der Waals surface area contributed by atoms with E-state index in [1.165, 1.54) is 12.8 Å². The van der Waals surface area contributed by atoms with Gasteiger partial charge in [-0.3, -0.25) is 9.69 Å². The molecule has 0 bridgehead atoms. The monoisotopic (exact) mass is 301 g/mol. The highest BCUT2D eigenvalue weighted by Gasteiger charge is 2.50. The Kier molecular flexibility index (Phi) is 4.33. The number of nitrogens with zero attached hydrogens (tertiary/aromatic N) is 1. The standard InChI is InChI=1S/C15H24ClNO3/c1-14(2,3)20-13(19)17-10-15(6-4-5-7-15)8-11(17)12(18)9-16/h11H,4-10H2,1-3H3/t11-/m1/s1. The average Bonchev–Trinajstić information content (AvgIpc) is 2.94. The molecule has 0 radical (unpaired) electrons. The van der Waals surface area contributed by atoms with Crippen molar-refractivity contribution in [3.63, 3.8) is 0 Å². The van der Waals surface area contributed by atoms with Crippen LogP contribution >= 0.6 is 11.6 Å². The average molecular weight is 302 g/mol. The molecule has 1 amide bonds. The van der Waals surface area contributed by atoms with Crippen LogP contribution in [0.3, 0.4) is 0 Å². The minimum Gasteiger partial charge on any atom is -0.444 e. The summed E-state index contributed by atoms with van der Waals surface area (Å²) in [4.78, 5) is 26.0. The molecule has 2 rings (SSSR count). The first-order valence-corrected chi connectivity index (χ1v) is 7.88. The predicted octanol–water partition coefficient (Wildman–Crippen LogP) is 3.36. The fourth-order valence-corrected chi connectivity index (χ4v) is 3.61. The van der Waals surface area contributed by atoms with Crippen LogP contribution in [0.4, 0.5) is 4.79 Å². The van der Waals surface area contributed by atoms with Crippen LogP contribution in [0.5, 0.6) is 0 Å². The Morgan fingerprint density at radius 1 is 1.30 bits per heavy atom. The normalized spacial score (nSPS) is 25.2. The van der Waals surface area contributed by atoms with E-state index in [1.807, 2.05) is 20.8 Å². The Balaban J connectivity index is 2.15. The molecule has 1 saturated heterocycles. The third-order valence-corrected chi connectivity index (χ3v) is 4.57. The van der Waals surface area contributed by atoms with Crippen LogP contribution in [0.25, 0.3) is 0 Å². The maximum Gasteiger partial charge on any atom is 0.410 e. The third-order valence-electron chi connectivity index (χ3n) is 4.30. The molecule has 20 heavy (non-hydrogen) atoms. The Morgan fingerprint density at radius 2 is 1.90 bits per heavy atom. The van der Waals surface area contributed by atoms with E-state index in [0.717, 1.165) is 19.3 Å². The van der Waals surface area contributed by atoms with Crippen LogP contribution in [-0.4, -0.2) is 40.8 Å². The number of rotatable bonds is 2. The minimum atomic E-state index is -0.545. The number of alkyl halides is 1. The number of hydrogen-bond acceptors (Lipinski definition) is 3. The maximum atomic E-state index is 12.3. The zero-order valence-electron chi connectivity index (χ0n) is 12.6. The number of amides is 1. The first kappa shape index (κ1) is 15.6. The molecule has 1 heterocycles. The number of carbonyl (C=O) groups is 2. The van der Waals surface area contributed by atoms with E-state index in [4.69, 9.17) is 16.3 Å². The molecule has 4 nitrogen and oxygen atoms in total. The lowest BCUT2D eigenvalue weighted by atomic mass is 9.83. The maximum absolute atomic E-state index is 12.3. The number of hydrogen-bond donors (Lipinski definition) is 0. The summed E-state index contributed by atoms with van der Waals surface area (Å²) in [6.45, 7) is 6.15. The summed E-state index contributed by atoms with van der Waals surface area (Å²) in [7, 11) is 0. The Labute approximate surface area is 125 Å². The topological polar surface area (TPSA) is 46.6 Å². The van der Waals surface area contributed by atoms with Crippen molar-refractivity contribution in [2.75, 3.05) is 12.4 Å². The zero-order chi connectivity index (χ0) is 15.0. The van der Waals surface area contributed by atoms with Crippen molar-refractivity contribution in [2.24, 2.45) is 5.41 Å². The van der Waals surface area contributed by atoms with Gasteiger partial charge in [0.05, 0.1) is 11.9 Å². The molecule has 1 atom stereocenters. The quantitative estimate of drug-likeness (QED) is 0.735. The fourth-order valence-electron chi connectivity index (χ4n) is 3.43. The number of halogens is 1. The summed E-state index contributed by atoms with van der Waals surface area (Å²) in [6.07, 6.45) is 4.92. The van der Waals surface area contributed by atoms with E-state index >= 15 is 0 Å². The Bertz CT molecular complexity index is 396. The van der Waals surface area contributed by atoms with E-state index in [0.29, 0.717) is 6.54 Å². The van der Waals surface area contributed by atoms with Crippen LogP contribution < -0.4 is 0 Å². The van der Waals surface area contributed by atoms with Crippen molar-refractivity contribution < 1.29 is 14.3 Å². The number of ether oxygens (including phenoxy) is 1. The lowest BCUT2D eigenvalue weighted by molar-refractivity contribution is -0.121. The molecule has 0 aromatic carbocycles. The van der Waals surface area contributed by atoms with Gasteiger partial charge >= 0.3 is 6.09 Å². The molecule has 1 spiro atoms. The van der Waals surface area contributed by atoms with Crippen LogP contribution in [0.15, 0.2) is 0 Å². The smallest absolute Gasteiger partial charge is 0.410 e. The van der Waals surface area contributed by atoms with Crippen LogP contribution in [0.2, 0.25) is 0 Å². The lowest BCUT2D eigenvalue weighted by Crippen LogP contribution is -2.44. The first-order valence-electron chi connectivity index (χ1n) is 7.35. The molecule has 1 saturated carbocycles. The highest BCUT2D eigenvalue weighted by atomic mass is 35.5. The van der Waals surface area contributed by atoms with Gasteiger partial charge in [0, 0.05) is 6.54 Å². The molecule has 1 aliphatic heterocycles. The van der Waals surface area contributed by atoms with E-state index < -0.39 is 11.6 Å². The van der Waals surface area contributed by atoms with Crippen LogP contribution in [0.1, 0.15) is 52.9 Å². The molecule has 2 aliphatic rings. The summed E-state index contributed by atoms with van der Waals surface area (Å²) >= 11 is 5.70. The summed E-state index contributed by atoms with van der Waals surface area (Å²) in [6, 6.07) is -0.402.